The van der Waals surface area contributed by atoms with Crippen molar-refractivity contribution >= 4 is 0 Å². The van der Waals surface area contributed by atoms with Crippen LogP contribution in [0.5, 0.6) is 0 Å². The Morgan fingerprint density at radius 1 is 1.21 bits per heavy atom. The van der Waals surface area contributed by atoms with Crippen molar-refractivity contribution in [3.8, 4) is 0 Å². The second-order valence-electron chi connectivity index (χ2n) is 4.60. The highest BCUT2D eigenvalue weighted by Crippen LogP contribution is 2.27. The van der Waals surface area contributed by atoms with E-state index < -0.39 is 0 Å². The molecule has 1 fully saturated rings. The maximum Gasteiger partial charge on any atom is 0.00672 e. The summed E-state index contributed by atoms with van der Waals surface area (Å²) in [6.07, 6.45) is 9.44. The fourth-order valence-electron chi connectivity index (χ4n) is 2.41. The minimum Gasteiger partial charge on any atom is -0.330 e. The molecule has 0 amide bonds. The molecule has 1 aliphatic rings. The van der Waals surface area contributed by atoms with Crippen LogP contribution in [0.3, 0.4) is 0 Å². The fraction of sp³-hybridized carbons (Fsp3) is 1.00. The summed E-state index contributed by atoms with van der Waals surface area (Å²) < 4.78 is 0. The average Bonchev–Trinajstić information content (AvgIpc) is 2.25. The molecule has 3 N–H and O–H groups in total. The van der Waals surface area contributed by atoms with Gasteiger partial charge in [-0.2, -0.15) is 0 Å². The van der Waals surface area contributed by atoms with Crippen LogP contribution >= 0.6 is 0 Å². The van der Waals surface area contributed by atoms with Gasteiger partial charge in [-0.15, -0.1) is 0 Å². The first kappa shape index (κ1) is 12.0. The molecular weight excluding hydrogens is 172 g/mol. The normalized spacial score (nSPS) is 27.9. The molecule has 0 unspecified atom stereocenters. The number of nitrogens with two attached hydrogens (primary N) is 1. The first-order chi connectivity index (χ1) is 6.86. The zero-order valence-electron chi connectivity index (χ0n) is 9.60. The second kappa shape index (κ2) is 7.24. The Labute approximate surface area is 88.6 Å². The standard InChI is InChI=1S/C12H26N2/c1-2-10-14-12-7-5-11(6-8-12)4-3-9-13/h11-12,14H,2-10,13H2,1H3. The quantitative estimate of drug-likeness (QED) is 0.687. The van der Waals surface area contributed by atoms with E-state index in [1.807, 2.05) is 0 Å². The van der Waals surface area contributed by atoms with Gasteiger partial charge >= 0.3 is 0 Å². The van der Waals surface area contributed by atoms with Crippen molar-refractivity contribution in [3.63, 3.8) is 0 Å². The van der Waals surface area contributed by atoms with Gasteiger partial charge in [-0.25, -0.2) is 0 Å². The third kappa shape index (κ3) is 4.43. The van der Waals surface area contributed by atoms with Gasteiger partial charge < -0.3 is 11.1 Å². The topological polar surface area (TPSA) is 38.0 Å². The SMILES string of the molecule is CCCNC1CCC(CCCN)CC1. The van der Waals surface area contributed by atoms with Crippen molar-refractivity contribution in [1.29, 1.82) is 0 Å². The van der Waals surface area contributed by atoms with Gasteiger partial charge in [-0.3, -0.25) is 0 Å². The number of nitrogens with one attached hydrogen (secondary N) is 1. The van der Waals surface area contributed by atoms with E-state index in [1.54, 1.807) is 0 Å². The molecule has 0 aromatic rings. The summed E-state index contributed by atoms with van der Waals surface area (Å²) in [6, 6.07) is 0.809. The van der Waals surface area contributed by atoms with Crippen LogP contribution < -0.4 is 11.1 Å². The molecule has 0 heterocycles. The van der Waals surface area contributed by atoms with Crippen molar-refractivity contribution in [3.05, 3.63) is 0 Å². The highest BCUT2D eigenvalue weighted by molar-refractivity contribution is 4.76. The molecule has 0 atom stereocenters. The molecule has 14 heavy (non-hydrogen) atoms. The molecule has 0 spiro atoms. The molecule has 0 aromatic heterocycles. The van der Waals surface area contributed by atoms with Crippen LogP contribution in [0.4, 0.5) is 0 Å². The smallest absolute Gasteiger partial charge is 0.00672 e. The van der Waals surface area contributed by atoms with Gasteiger partial charge in [0.05, 0.1) is 0 Å². The van der Waals surface area contributed by atoms with Crippen molar-refractivity contribution in [1.82, 2.24) is 5.32 Å². The molecule has 0 bridgehead atoms. The van der Waals surface area contributed by atoms with Crippen molar-refractivity contribution < 1.29 is 0 Å². The van der Waals surface area contributed by atoms with E-state index in [4.69, 9.17) is 5.73 Å². The number of rotatable bonds is 6. The minimum absolute atomic E-state index is 0.809. The van der Waals surface area contributed by atoms with Gasteiger partial charge in [0.15, 0.2) is 0 Å². The van der Waals surface area contributed by atoms with Crippen LogP contribution in [0, 0.1) is 5.92 Å². The first-order valence-corrected chi connectivity index (χ1v) is 6.30. The summed E-state index contributed by atoms with van der Waals surface area (Å²) in [5.41, 5.74) is 5.53. The molecule has 1 saturated carbocycles. The summed E-state index contributed by atoms with van der Waals surface area (Å²) in [5.74, 6) is 0.971. The molecule has 2 nitrogen and oxygen atoms in total. The van der Waals surface area contributed by atoms with E-state index in [9.17, 15) is 0 Å². The lowest BCUT2D eigenvalue weighted by atomic mass is 9.83. The monoisotopic (exact) mass is 198 g/mol. The Morgan fingerprint density at radius 2 is 1.93 bits per heavy atom. The molecule has 0 radical (unpaired) electrons. The van der Waals surface area contributed by atoms with Gasteiger partial charge in [0.2, 0.25) is 0 Å². The van der Waals surface area contributed by atoms with Gasteiger partial charge in [0.1, 0.15) is 0 Å². The second-order valence-corrected chi connectivity index (χ2v) is 4.60. The van der Waals surface area contributed by atoms with Crippen molar-refractivity contribution in [2.45, 2.75) is 57.9 Å². The first-order valence-electron chi connectivity index (χ1n) is 6.30. The van der Waals surface area contributed by atoms with Gasteiger partial charge in [-0.05, 0) is 64.0 Å². The van der Waals surface area contributed by atoms with Crippen LogP contribution in [0.1, 0.15) is 51.9 Å². The Kier molecular flexibility index (Phi) is 6.20. The summed E-state index contributed by atoms with van der Waals surface area (Å²) in [5, 5.41) is 3.62. The minimum atomic E-state index is 0.809. The summed E-state index contributed by atoms with van der Waals surface area (Å²) in [7, 11) is 0. The van der Waals surface area contributed by atoms with E-state index in [0.717, 1.165) is 18.5 Å². The van der Waals surface area contributed by atoms with Gasteiger partial charge in [0, 0.05) is 6.04 Å². The van der Waals surface area contributed by atoms with E-state index in [2.05, 4.69) is 12.2 Å². The lowest BCUT2D eigenvalue weighted by Crippen LogP contribution is -2.33. The van der Waals surface area contributed by atoms with Crippen LogP contribution in [0.25, 0.3) is 0 Å². The Bertz CT molecular complexity index is 112. The van der Waals surface area contributed by atoms with E-state index >= 15 is 0 Å². The molecule has 1 aliphatic carbocycles. The zero-order valence-corrected chi connectivity index (χ0v) is 9.60. The Morgan fingerprint density at radius 3 is 2.50 bits per heavy atom. The largest absolute Gasteiger partial charge is 0.330 e. The molecule has 0 aliphatic heterocycles. The van der Waals surface area contributed by atoms with Gasteiger partial charge in [-0.1, -0.05) is 6.92 Å². The summed E-state index contributed by atoms with van der Waals surface area (Å²) in [6.45, 7) is 4.30. The van der Waals surface area contributed by atoms with Gasteiger partial charge in [0.25, 0.3) is 0 Å². The maximum atomic E-state index is 5.53. The lowest BCUT2D eigenvalue weighted by molar-refractivity contribution is 0.277. The molecule has 1 rings (SSSR count). The molecule has 0 aromatic carbocycles. The average molecular weight is 198 g/mol. The molecule has 2 heteroatoms. The van der Waals surface area contributed by atoms with Crippen LogP contribution in [0.15, 0.2) is 0 Å². The third-order valence-electron chi connectivity index (χ3n) is 3.35. The lowest BCUT2D eigenvalue weighted by Gasteiger charge is -2.29. The number of hydrogen-bond donors (Lipinski definition) is 2. The fourth-order valence-corrected chi connectivity index (χ4v) is 2.41. The van der Waals surface area contributed by atoms with E-state index in [-0.39, 0.29) is 0 Å². The highest BCUT2D eigenvalue weighted by atomic mass is 14.9. The highest BCUT2D eigenvalue weighted by Gasteiger charge is 2.19. The number of hydrogen-bond acceptors (Lipinski definition) is 2. The summed E-state index contributed by atoms with van der Waals surface area (Å²) >= 11 is 0. The summed E-state index contributed by atoms with van der Waals surface area (Å²) in [4.78, 5) is 0. The molecular formula is C12H26N2. The van der Waals surface area contributed by atoms with Crippen molar-refractivity contribution in [2.24, 2.45) is 11.7 Å². The van der Waals surface area contributed by atoms with E-state index in [0.29, 0.717) is 0 Å². The maximum absolute atomic E-state index is 5.53. The zero-order chi connectivity index (χ0) is 10.2. The van der Waals surface area contributed by atoms with Crippen LogP contribution in [-0.2, 0) is 0 Å². The predicted molar refractivity (Wildman–Crippen MR) is 62.3 cm³/mol. The molecule has 84 valence electrons. The molecule has 0 saturated heterocycles. The third-order valence-corrected chi connectivity index (χ3v) is 3.35. The van der Waals surface area contributed by atoms with Crippen LogP contribution in [-0.4, -0.2) is 19.1 Å². The van der Waals surface area contributed by atoms with Crippen LogP contribution in [0.2, 0.25) is 0 Å². The van der Waals surface area contributed by atoms with E-state index in [1.165, 1.54) is 51.5 Å². The Hall–Kier alpha value is -0.0800. The Balaban J connectivity index is 2.05. The van der Waals surface area contributed by atoms with Crippen molar-refractivity contribution in [2.75, 3.05) is 13.1 Å². The predicted octanol–water partition coefficient (Wildman–Crippen LogP) is 2.28.